The molecule has 2 aromatic rings. The zero-order chi connectivity index (χ0) is 21.0. The number of benzene rings is 2. The van der Waals surface area contributed by atoms with Crippen LogP contribution < -0.4 is 4.74 Å². The van der Waals surface area contributed by atoms with Crippen LogP contribution in [0.5, 0.6) is 5.75 Å². The number of carbonyl (C=O) groups excluding carboxylic acids is 1. The largest absolute Gasteiger partial charge is 0.494 e. The lowest BCUT2D eigenvalue weighted by Gasteiger charge is -2.34. The molecule has 29 heavy (non-hydrogen) atoms. The van der Waals surface area contributed by atoms with Gasteiger partial charge in [-0.3, -0.25) is 4.79 Å². The summed E-state index contributed by atoms with van der Waals surface area (Å²) in [7, 11) is -3.79. The zero-order valence-corrected chi connectivity index (χ0v) is 18.3. The van der Waals surface area contributed by atoms with Crippen molar-refractivity contribution in [1.82, 2.24) is 9.21 Å². The number of sulfonamides is 1. The first-order valence-electron chi connectivity index (χ1n) is 9.30. The van der Waals surface area contributed by atoms with Crippen molar-refractivity contribution in [3.63, 3.8) is 0 Å². The highest BCUT2D eigenvalue weighted by Gasteiger charge is 2.32. The van der Waals surface area contributed by atoms with Crippen molar-refractivity contribution in [3.8, 4) is 5.75 Å². The van der Waals surface area contributed by atoms with E-state index in [1.165, 1.54) is 22.5 Å². The van der Waals surface area contributed by atoms with Gasteiger partial charge in [0.05, 0.1) is 11.6 Å². The van der Waals surface area contributed by atoms with Crippen molar-refractivity contribution in [2.45, 2.75) is 18.2 Å². The van der Waals surface area contributed by atoms with Crippen molar-refractivity contribution in [3.05, 3.63) is 58.1 Å². The van der Waals surface area contributed by atoms with E-state index in [0.717, 1.165) is 6.42 Å². The highest BCUT2D eigenvalue weighted by atomic mass is 35.5. The van der Waals surface area contributed by atoms with Crippen molar-refractivity contribution in [1.29, 1.82) is 0 Å². The molecule has 0 bridgehead atoms. The summed E-state index contributed by atoms with van der Waals surface area (Å²) in [6, 6.07) is 11.4. The van der Waals surface area contributed by atoms with Crippen molar-refractivity contribution in [2.24, 2.45) is 0 Å². The molecule has 1 amide bonds. The molecule has 0 aliphatic carbocycles. The normalized spacial score (nSPS) is 15.3. The second kappa shape index (κ2) is 9.34. The molecule has 1 aliphatic rings. The third-order valence-corrected chi connectivity index (χ3v) is 7.21. The summed E-state index contributed by atoms with van der Waals surface area (Å²) in [6.45, 7) is 3.54. The average Bonchev–Trinajstić information content (AvgIpc) is 2.73. The lowest BCUT2D eigenvalue weighted by Crippen LogP contribution is -2.50. The Morgan fingerprint density at radius 2 is 1.79 bits per heavy atom. The Bertz CT molecular complexity index is 990. The highest BCUT2D eigenvalue weighted by Crippen LogP contribution is 2.28. The number of piperazine rings is 1. The first-order valence-corrected chi connectivity index (χ1v) is 11.5. The van der Waals surface area contributed by atoms with Crippen molar-refractivity contribution < 1.29 is 17.9 Å². The first-order chi connectivity index (χ1) is 13.8. The Hall–Kier alpha value is -1.80. The van der Waals surface area contributed by atoms with Gasteiger partial charge in [0.25, 0.3) is 5.91 Å². The van der Waals surface area contributed by atoms with E-state index in [4.69, 9.17) is 27.9 Å². The molecule has 9 heteroatoms. The predicted molar refractivity (Wildman–Crippen MR) is 113 cm³/mol. The molecule has 0 aromatic heterocycles. The van der Waals surface area contributed by atoms with Gasteiger partial charge in [-0.15, -0.1) is 0 Å². The van der Waals surface area contributed by atoms with E-state index in [1.54, 1.807) is 23.1 Å². The SMILES string of the molecule is CCCOc1cccc(C(=O)N2CCN(S(=O)(=O)c3cc(Cl)ccc3Cl)CC2)c1. The second-order valence-corrected chi connectivity index (χ2v) is 9.40. The Kier molecular flexibility index (Phi) is 7.05. The second-order valence-electron chi connectivity index (χ2n) is 6.65. The Balaban J connectivity index is 1.69. The van der Waals surface area contributed by atoms with Gasteiger partial charge >= 0.3 is 0 Å². The molecule has 6 nitrogen and oxygen atoms in total. The molecule has 1 saturated heterocycles. The van der Waals surface area contributed by atoms with Crippen LogP contribution in [0.1, 0.15) is 23.7 Å². The highest BCUT2D eigenvalue weighted by molar-refractivity contribution is 7.89. The molecule has 0 radical (unpaired) electrons. The summed E-state index contributed by atoms with van der Waals surface area (Å²) in [6.07, 6.45) is 0.880. The monoisotopic (exact) mass is 456 g/mol. The lowest BCUT2D eigenvalue weighted by atomic mass is 10.1. The van der Waals surface area contributed by atoms with Gasteiger partial charge in [-0.2, -0.15) is 4.31 Å². The summed E-state index contributed by atoms with van der Waals surface area (Å²) in [5.41, 5.74) is 0.521. The van der Waals surface area contributed by atoms with Gasteiger partial charge in [0.2, 0.25) is 10.0 Å². The number of amides is 1. The maximum Gasteiger partial charge on any atom is 0.254 e. The lowest BCUT2D eigenvalue weighted by molar-refractivity contribution is 0.0697. The molecule has 2 aromatic carbocycles. The number of ether oxygens (including phenoxy) is 1. The van der Waals surface area contributed by atoms with Crippen LogP contribution in [0, 0.1) is 0 Å². The van der Waals surface area contributed by atoms with E-state index in [0.29, 0.717) is 22.9 Å². The molecule has 0 spiro atoms. The average molecular weight is 457 g/mol. The van der Waals surface area contributed by atoms with Gasteiger partial charge in [0.15, 0.2) is 0 Å². The third kappa shape index (κ3) is 5.04. The molecule has 0 N–H and O–H groups in total. The molecule has 0 saturated carbocycles. The van der Waals surface area contributed by atoms with Gasteiger partial charge in [0, 0.05) is 36.8 Å². The van der Waals surface area contributed by atoms with Crippen LogP contribution in [0.4, 0.5) is 0 Å². The predicted octanol–water partition coefficient (Wildman–Crippen LogP) is 3.93. The molecular weight excluding hydrogens is 435 g/mol. The molecule has 0 unspecified atom stereocenters. The quantitative estimate of drug-likeness (QED) is 0.660. The molecular formula is C20H22Cl2N2O4S. The maximum absolute atomic E-state index is 12.9. The summed E-state index contributed by atoms with van der Waals surface area (Å²) in [4.78, 5) is 14.4. The zero-order valence-electron chi connectivity index (χ0n) is 16.0. The minimum absolute atomic E-state index is 0.0211. The van der Waals surface area contributed by atoms with E-state index < -0.39 is 10.0 Å². The van der Waals surface area contributed by atoms with E-state index >= 15 is 0 Å². The van der Waals surface area contributed by atoms with Crippen LogP contribution in [-0.4, -0.2) is 56.3 Å². The van der Waals surface area contributed by atoms with Gasteiger partial charge in [-0.25, -0.2) is 8.42 Å². The number of carbonyl (C=O) groups is 1. The topological polar surface area (TPSA) is 66.9 Å². The molecule has 0 atom stereocenters. The van der Waals surface area contributed by atoms with Crippen LogP contribution in [0.25, 0.3) is 0 Å². The molecule has 1 heterocycles. The van der Waals surface area contributed by atoms with E-state index in [-0.39, 0.29) is 42.0 Å². The Labute approximate surface area is 181 Å². The van der Waals surface area contributed by atoms with Crippen LogP contribution in [0.2, 0.25) is 10.0 Å². The molecule has 3 rings (SSSR count). The number of hydrogen-bond acceptors (Lipinski definition) is 4. The van der Waals surface area contributed by atoms with Crippen LogP contribution in [0.3, 0.4) is 0 Å². The van der Waals surface area contributed by atoms with Crippen LogP contribution in [-0.2, 0) is 10.0 Å². The smallest absolute Gasteiger partial charge is 0.254 e. The fraction of sp³-hybridized carbons (Fsp3) is 0.350. The fourth-order valence-electron chi connectivity index (χ4n) is 3.07. The summed E-state index contributed by atoms with van der Waals surface area (Å²) in [5.74, 6) is 0.499. The van der Waals surface area contributed by atoms with Gasteiger partial charge in [0.1, 0.15) is 10.6 Å². The van der Waals surface area contributed by atoms with Crippen LogP contribution >= 0.6 is 23.2 Å². The van der Waals surface area contributed by atoms with Crippen LogP contribution in [0.15, 0.2) is 47.4 Å². The molecule has 1 aliphatic heterocycles. The number of hydrogen-bond donors (Lipinski definition) is 0. The van der Waals surface area contributed by atoms with Crippen molar-refractivity contribution in [2.75, 3.05) is 32.8 Å². The summed E-state index contributed by atoms with van der Waals surface area (Å²) >= 11 is 12.0. The molecule has 1 fully saturated rings. The number of rotatable bonds is 6. The standard InChI is InChI=1S/C20H22Cl2N2O4S/c1-2-12-28-17-5-3-4-15(13-17)20(25)23-8-10-24(11-9-23)29(26,27)19-14-16(21)6-7-18(19)22/h3-7,13-14H,2,8-12H2,1H3. The minimum atomic E-state index is -3.79. The number of nitrogens with zero attached hydrogens (tertiary/aromatic N) is 2. The Morgan fingerprint density at radius 3 is 2.48 bits per heavy atom. The molecule has 156 valence electrons. The summed E-state index contributed by atoms with van der Waals surface area (Å²) < 4.78 is 32.7. The van der Waals surface area contributed by atoms with Gasteiger partial charge in [-0.1, -0.05) is 36.2 Å². The van der Waals surface area contributed by atoms with E-state index in [1.807, 2.05) is 13.0 Å². The van der Waals surface area contributed by atoms with Gasteiger partial charge < -0.3 is 9.64 Å². The fourth-order valence-corrected chi connectivity index (χ4v) is 5.23. The number of halogens is 2. The van der Waals surface area contributed by atoms with E-state index in [2.05, 4.69) is 0 Å². The van der Waals surface area contributed by atoms with E-state index in [9.17, 15) is 13.2 Å². The third-order valence-electron chi connectivity index (χ3n) is 4.59. The van der Waals surface area contributed by atoms with Gasteiger partial charge in [-0.05, 0) is 42.8 Å². The Morgan fingerprint density at radius 1 is 1.07 bits per heavy atom. The minimum Gasteiger partial charge on any atom is -0.494 e. The summed E-state index contributed by atoms with van der Waals surface area (Å²) in [5, 5.41) is 0.420. The maximum atomic E-state index is 12.9. The van der Waals surface area contributed by atoms with Crippen molar-refractivity contribution >= 4 is 39.1 Å². The first kappa shape index (κ1) is 21.9.